The molecule has 0 aliphatic carbocycles. The molecule has 414 valence electrons. The van der Waals surface area contributed by atoms with Gasteiger partial charge in [-0.25, -0.2) is 0 Å². The van der Waals surface area contributed by atoms with Gasteiger partial charge in [0.2, 0.25) is 5.91 Å². The molecular formula is C58H99NO13. The lowest BCUT2D eigenvalue weighted by atomic mass is 9.97. The molecule has 9 N–H and O–H groups in total. The number of amides is 1. The van der Waals surface area contributed by atoms with Crippen LogP contribution < -0.4 is 5.32 Å². The number of allylic oxidation sites excluding steroid dienone is 13. The molecule has 2 aliphatic heterocycles. The minimum absolute atomic E-state index is 0.246. The third kappa shape index (κ3) is 29.3. The molecule has 14 heteroatoms. The van der Waals surface area contributed by atoms with Gasteiger partial charge in [0.15, 0.2) is 12.6 Å². The van der Waals surface area contributed by atoms with E-state index in [1.807, 2.05) is 6.08 Å². The molecule has 0 aromatic heterocycles. The predicted octanol–water partition coefficient (Wildman–Crippen LogP) is 8.55. The van der Waals surface area contributed by atoms with Crippen LogP contribution in [-0.2, 0) is 23.7 Å². The molecule has 0 aromatic carbocycles. The smallest absolute Gasteiger partial charge is 0.220 e. The summed E-state index contributed by atoms with van der Waals surface area (Å²) in [6.07, 6.45) is 40.4. The fourth-order valence-corrected chi connectivity index (χ4v) is 8.57. The molecule has 2 rings (SSSR count). The molecule has 72 heavy (non-hydrogen) atoms. The molecule has 0 radical (unpaired) electrons. The lowest BCUT2D eigenvalue weighted by Gasteiger charge is -2.46. The van der Waals surface area contributed by atoms with Gasteiger partial charge in [-0.2, -0.15) is 0 Å². The minimum Gasteiger partial charge on any atom is -0.394 e. The summed E-state index contributed by atoms with van der Waals surface area (Å²) in [6.45, 7) is 2.63. The molecule has 2 fully saturated rings. The first-order chi connectivity index (χ1) is 35.1. The fourth-order valence-electron chi connectivity index (χ4n) is 8.57. The number of aliphatic hydroxyl groups excluding tert-OH is 8. The number of carbonyl (C=O) groups excluding carboxylic acids is 1. The first-order valence-corrected chi connectivity index (χ1v) is 27.8. The monoisotopic (exact) mass is 1020 g/mol. The molecule has 14 nitrogen and oxygen atoms in total. The number of rotatable bonds is 42. The third-order valence-corrected chi connectivity index (χ3v) is 13.1. The van der Waals surface area contributed by atoms with E-state index in [0.29, 0.717) is 12.8 Å². The van der Waals surface area contributed by atoms with Crippen LogP contribution in [0.15, 0.2) is 85.1 Å². The highest BCUT2D eigenvalue weighted by Crippen LogP contribution is 2.30. The molecule has 12 atom stereocenters. The maximum Gasteiger partial charge on any atom is 0.220 e. The first-order valence-electron chi connectivity index (χ1n) is 27.8. The highest BCUT2D eigenvalue weighted by atomic mass is 16.7. The largest absolute Gasteiger partial charge is 0.394 e. The topological polar surface area (TPSA) is 228 Å². The van der Waals surface area contributed by atoms with Crippen LogP contribution in [-0.4, -0.2) is 140 Å². The van der Waals surface area contributed by atoms with Crippen molar-refractivity contribution in [2.75, 3.05) is 19.8 Å². The molecule has 2 saturated heterocycles. The zero-order valence-corrected chi connectivity index (χ0v) is 44.1. The molecule has 1 amide bonds. The normalized spacial score (nSPS) is 26.2. The van der Waals surface area contributed by atoms with Crippen molar-refractivity contribution in [3.8, 4) is 0 Å². The van der Waals surface area contributed by atoms with Crippen molar-refractivity contribution in [3.63, 3.8) is 0 Å². The van der Waals surface area contributed by atoms with E-state index in [-0.39, 0.29) is 18.9 Å². The lowest BCUT2D eigenvalue weighted by Crippen LogP contribution is -2.65. The zero-order chi connectivity index (χ0) is 52.4. The second-order valence-corrected chi connectivity index (χ2v) is 19.3. The SMILES string of the molecule is CC/C=C\C/C=C\C/C=C\C/C=C\C/C=C\CCCCCCCC(=O)NC(COC1OC(CO)C(OC2OC(CO)C(O)C(O)C2O)C(O)C1O)C(O)/C=C/CC/C=C/CCCCCCCCCCCCC. The standard InChI is InChI=1S/C58H99NO13/c1-3-5-7-9-11-13-15-17-19-21-22-23-24-26-28-30-32-34-36-38-40-42-50(63)59-46(47(62)41-39-37-35-33-31-29-27-25-20-18-16-14-12-10-8-6-4-2)45-69-57-55(68)53(66)56(49(44-61)71-57)72-58-54(67)52(65)51(64)48(43-60)70-58/h5,7,11,13,17,19,22-23,26,28,31,33,39,41,46-49,51-58,60-62,64-68H,3-4,6,8-10,12,14-16,18,20-21,24-25,27,29-30,32,34-38,40,42-45H2,1-2H3,(H,59,63)/b7-5-,13-11-,19-17-,23-22-,28-26-,33-31+,41-39+. The van der Waals surface area contributed by atoms with Crippen LogP contribution in [0.25, 0.3) is 0 Å². The van der Waals surface area contributed by atoms with E-state index in [2.05, 4.69) is 92.1 Å². The maximum atomic E-state index is 13.2. The number of aliphatic hydroxyl groups is 8. The Balaban J connectivity index is 1.84. The molecule has 0 aromatic rings. The van der Waals surface area contributed by atoms with Crippen LogP contribution >= 0.6 is 0 Å². The van der Waals surface area contributed by atoms with Crippen molar-refractivity contribution in [1.82, 2.24) is 5.32 Å². The molecule has 2 heterocycles. The Bertz CT molecular complexity index is 1530. The van der Waals surface area contributed by atoms with Gasteiger partial charge in [-0.1, -0.05) is 182 Å². The second-order valence-electron chi connectivity index (χ2n) is 19.3. The number of hydrogen-bond donors (Lipinski definition) is 9. The summed E-state index contributed by atoms with van der Waals surface area (Å²) < 4.78 is 22.7. The fraction of sp³-hybridized carbons (Fsp3) is 0.741. The van der Waals surface area contributed by atoms with E-state index in [4.69, 9.17) is 18.9 Å². The average Bonchev–Trinajstić information content (AvgIpc) is 3.38. The summed E-state index contributed by atoms with van der Waals surface area (Å²) in [5, 5.41) is 86.9. The van der Waals surface area contributed by atoms with Crippen molar-refractivity contribution in [3.05, 3.63) is 85.1 Å². The summed E-state index contributed by atoms with van der Waals surface area (Å²) in [4.78, 5) is 13.2. The number of ether oxygens (including phenoxy) is 4. The van der Waals surface area contributed by atoms with Crippen LogP contribution in [0.4, 0.5) is 0 Å². The van der Waals surface area contributed by atoms with Crippen molar-refractivity contribution in [2.24, 2.45) is 0 Å². The van der Waals surface area contributed by atoms with E-state index in [1.165, 1.54) is 70.6 Å². The Morgan fingerprint density at radius 1 is 0.514 bits per heavy atom. The summed E-state index contributed by atoms with van der Waals surface area (Å²) in [7, 11) is 0. The van der Waals surface area contributed by atoms with Gasteiger partial charge >= 0.3 is 0 Å². The van der Waals surface area contributed by atoms with Crippen LogP contribution in [0.2, 0.25) is 0 Å². The Morgan fingerprint density at radius 3 is 1.53 bits per heavy atom. The van der Waals surface area contributed by atoms with Gasteiger partial charge in [-0.15, -0.1) is 0 Å². The molecule has 0 spiro atoms. The molecule has 0 saturated carbocycles. The van der Waals surface area contributed by atoms with Gasteiger partial charge < -0.3 is 65.1 Å². The van der Waals surface area contributed by atoms with Gasteiger partial charge in [0.1, 0.15) is 48.8 Å². The summed E-state index contributed by atoms with van der Waals surface area (Å²) in [5.74, 6) is -0.272. The lowest BCUT2D eigenvalue weighted by molar-refractivity contribution is -0.359. The molecule has 2 aliphatic rings. The zero-order valence-electron chi connectivity index (χ0n) is 44.1. The minimum atomic E-state index is -1.80. The quantitative estimate of drug-likeness (QED) is 0.0207. The first kappa shape index (κ1) is 65.3. The Morgan fingerprint density at radius 2 is 0.972 bits per heavy atom. The molecule has 0 bridgehead atoms. The average molecular weight is 1020 g/mol. The van der Waals surface area contributed by atoms with Crippen molar-refractivity contribution >= 4 is 5.91 Å². The van der Waals surface area contributed by atoms with E-state index >= 15 is 0 Å². The maximum absolute atomic E-state index is 13.2. The van der Waals surface area contributed by atoms with Crippen molar-refractivity contribution in [2.45, 2.75) is 254 Å². The molecule has 12 unspecified atom stereocenters. The summed E-state index contributed by atoms with van der Waals surface area (Å²) in [6, 6.07) is -0.947. The van der Waals surface area contributed by atoms with Gasteiger partial charge in [-0.05, 0) is 77.0 Å². The highest BCUT2D eigenvalue weighted by Gasteiger charge is 2.51. The van der Waals surface area contributed by atoms with E-state index in [1.54, 1.807) is 6.08 Å². The Hall–Kier alpha value is -2.83. The third-order valence-electron chi connectivity index (χ3n) is 13.1. The van der Waals surface area contributed by atoms with E-state index in [0.717, 1.165) is 77.0 Å². The van der Waals surface area contributed by atoms with Gasteiger partial charge in [-0.3, -0.25) is 4.79 Å². The van der Waals surface area contributed by atoms with Gasteiger partial charge in [0.05, 0.1) is 32.0 Å². The van der Waals surface area contributed by atoms with Crippen LogP contribution in [0.5, 0.6) is 0 Å². The van der Waals surface area contributed by atoms with Crippen molar-refractivity contribution in [1.29, 1.82) is 0 Å². The van der Waals surface area contributed by atoms with Crippen LogP contribution in [0, 0.1) is 0 Å². The van der Waals surface area contributed by atoms with Gasteiger partial charge in [0.25, 0.3) is 0 Å². The van der Waals surface area contributed by atoms with Crippen LogP contribution in [0.1, 0.15) is 181 Å². The van der Waals surface area contributed by atoms with E-state index in [9.17, 15) is 45.6 Å². The number of nitrogens with one attached hydrogen (secondary N) is 1. The number of carbonyl (C=O) groups is 1. The van der Waals surface area contributed by atoms with E-state index < -0.39 is 86.8 Å². The number of unbranched alkanes of at least 4 members (excludes halogenated alkanes) is 17. The second kappa shape index (κ2) is 43.4. The Kier molecular flexibility index (Phi) is 39.4. The molecular weight excluding hydrogens is 919 g/mol. The number of hydrogen-bond acceptors (Lipinski definition) is 13. The van der Waals surface area contributed by atoms with Crippen molar-refractivity contribution < 1.29 is 64.6 Å². The summed E-state index contributed by atoms with van der Waals surface area (Å²) in [5.41, 5.74) is 0. The Labute approximate surface area is 433 Å². The summed E-state index contributed by atoms with van der Waals surface area (Å²) >= 11 is 0. The highest BCUT2D eigenvalue weighted by molar-refractivity contribution is 5.76. The van der Waals surface area contributed by atoms with Gasteiger partial charge in [0, 0.05) is 6.42 Å². The predicted molar refractivity (Wildman–Crippen MR) is 286 cm³/mol. The van der Waals surface area contributed by atoms with Crippen LogP contribution in [0.3, 0.4) is 0 Å².